The fourth-order valence-corrected chi connectivity index (χ4v) is 5.80. The van der Waals surface area contributed by atoms with Crippen molar-refractivity contribution in [2.24, 2.45) is 30.5 Å². The van der Waals surface area contributed by atoms with Crippen LogP contribution in [0.4, 0.5) is 0 Å². The smallest absolute Gasteiger partial charge is 0.223 e. The van der Waals surface area contributed by atoms with Crippen LogP contribution in [0.15, 0.2) is 42.9 Å². The van der Waals surface area contributed by atoms with Gasteiger partial charge < -0.3 is 15.2 Å². The second-order valence-corrected chi connectivity index (χ2v) is 9.65. The van der Waals surface area contributed by atoms with Gasteiger partial charge in [0, 0.05) is 38.7 Å². The molecule has 31 heavy (non-hydrogen) atoms. The molecule has 2 aliphatic rings. The lowest BCUT2D eigenvalue weighted by Gasteiger charge is -2.37. The van der Waals surface area contributed by atoms with Crippen molar-refractivity contribution in [3.05, 3.63) is 54.1 Å². The number of benzene rings is 1. The van der Waals surface area contributed by atoms with Gasteiger partial charge in [0.15, 0.2) is 0 Å². The fourth-order valence-electron chi connectivity index (χ4n) is 5.80. The maximum Gasteiger partial charge on any atom is 0.223 e. The number of hydrogen-bond donors (Lipinski definition) is 1. The molecular formula is C25H34N4O2. The van der Waals surface area contributed by atoms with Crippen LogP contribution in [0.5, 0.6) is 0 Å². The van der Waals surface area contributed by atoms with E-state index < -0.39 is 0 Å². The Hall–Kier alpha value is -2.63. The molecule has 1 aromatic heterocycles. The molecule has 1 aliphatic heterocycles. The van der Waals surface area contributed by atoms with Crippen molar-refractivity contribution in [1.82, 2.24) is 14.5 Å². The zero-order valence-electron chi connectivity index (χ0n) is 18.5. The summed E-state index contributed by atoms with van der Waals surface area (Å²) < 4.78 is 1.99. The number of likely N-dealkylation sites (tertiary alicyclic amines) is 1. The molecule has 1 saturated heterocycles. The Morgan fingerprint density at radius 2 is 1.87 bits per heavy atom. The minimum atomic E-state index is -0.205. The van der Waals surface area contributed by atoms with Crippen LogP contribution in [0.3, 0.4) is 0 Å². The molecule has 2 aromatic rings. The van der Waals surface area contributed by atoms with Crippen LogP contribution in [0.2, 0.25) is 0 Å². The molecule has 2 heterocycles. The van der Waals surface area contributed by atoms with Crippen LogP contribution in [-0.2, 0) is 29.6 Å². The highest BCUT2D eigenvalue weighted by Gasteiger charge is 2.36. The number of primary amides is 1. The van der Waals surface area contributed by atoms with Gasteiger partial charge in [-0.3, -0.25) is 9.59 Å². The molecule has 6 heteroatoms. The first kappa shape index (κ1) is 21.6. The summed E-state index contributed by atoms with van der Waals surface area (Å²) in [6.45, 7) is 0.694. The number of rotatable bonds is 8. The van der Waals surface area contributed by atoms with Crippen LogP contribution in [0.25, 0.3) is 0 Å². The minimum Gasteiger partial charge on any atom is -0.370 e. The van der Waals surface area contributed by atoms with Gasteiger partial charge in [-0.2, -0.15) is 0 Å². The molecular weight excluding hydrogens is 388 g/mol. The highest BCUT2D eigenvalue weighted by atomic mass is 16.2. The van der Waals surface area contributed by atoms with Crippen molar-refractivity contribution < 1.29 is 9.59 Å². The molecule has 0 radical (unpaired) electrons. The van der Waals surface area contributed by atoms with Crippen molar-refractivity contribution in [2.75, 3.05) is 0 Å². The first-order valence-corrected chi connectivity index (χ1v) is 11.5. The van der Waals surface area contributed by atoms with E-state index in [0.29, 0.717) is 43.2 Å². The van der Waals surface area contributed by atoms with Crippen molar-refractivity contribution >= 4 is 11.8 Å². The van der Waals surface area contributed by atoms with E-state index in [1.54, 1.807) is 0 Å². The summed E-state index contributed by atoms with van der Waals surface area (Å²) in [5.74, 6) is 1.43. The second kappa shape index (κ2) is 9.67. The van der Waals surface area contributed by atoms with Gasteiger partial charge in [-0.05, 0) is 61.8 Å². The van der Waals surface area contributed by atoms with Crippen LogP contribution in [0.1, 0.15) is 56.2 Å². The highest BCUT2D eigenvalue weighted by molar-refractivity contribution is 5.78. The molecule has 166 valence electrons. The number of amides is 2. The Morgan fingerprint density at radius 3 is 2.58 bits per heavy atom. The van der Waals surface area contributed by atoms with Gasteiger partial charge in [0.2, 0.25) is 11.8 Å². The van der Waals surface area contributed by atoms with E-state index in [9.17, 15) is 9.59 Å². The van der Waals surface area contributed by atoms with Crippen LogP contribution >= 0.6 is 0 Å². The number of hydrogen-bond acceptors (Lipinski definition) is 3. The molecule has 6 nitrogen and oxygen atoms in total. The maximum absolute atomic E-state index is 12.6. The number of carbonyl (C=O) groups excluding carboxylic acids is 2. The van der Waals surface area contributed by atoms with Gasteiger partial charge in [0.25, 0.3) is 0 Å². The lowest BCUT2D eigenvalue weighted by molar-refractivity contribution is -0.129. The predicted molar refractivity (Wildman–Crippen MR) is 120 cm³/mol. The summed E-state index contributed by atoms with van der Waals surface area (Å²) in [5.41, 5.74) is 7.86. The van der Waals surface area contributed by atoms with E-state index in [0.717, 1.165) is 44.2 Å². The van der Waals surface area contributed by atoms with Crippen LogP contribution < -0.4 is 5.73 Å². The van der Waals surface area contributed by atoms with E-state index >= 15 is 0 Å². The molecule has 1 saturated carbocycles. The average molecular weight is 423 g/mol. The number of imidazole rings is 1. The van der Waals surface area contributed by atoms with Gasteiger partial charge in [0.05, 0.1) is 12.0 Å². The topological polar surface area (TPSA) is 81.2 Å². The molecule has 4 rings (SSSR count). The highest BCUT2D eigenvalue weighted by Crippen LogP contribution is 2.40. The van der Waals surface area contributed by atoms with Crippen LogP contribution in [0, 0.1) is 17.8 Å². The summed E-state index contributed by atoms with van der Waals surface area (Å²) in [5, 5.41) is 0. The predicted octanol–water partition coefficient (Wildman–Crippen LogP) is 3.45. The molecule has 2 fully saturated rings. The third kappa shape index (κ3) is 5.75. The Bertz CT molecular complexity index is 894. The standard InChI is InChI=1S/C25H34N4O2/c1-28-16-22(27-17-28)12-19-9-20(11-21(10-19)14-24(26)30)13-23-7-8-25(31)29(23)15-18-5-3-2-4-6-18/h2-6,16-17,19-21,23H,7-15H2,1H3,(H2,26,30)/t19-,20+,21-,23+/m1/s1. The Labute approximate surface area is 184 Å². The van der Waals surface area contributed by atoms with Gasteiger partial charge >= 0.3 is 0 Å². The number of carbonyl (C=O) groups is 2. The third-order valence-corrected chi connectivity index (χ3v) is 7.00. The van der Waals surface area contributed by atoms with Crippen molar-refractivity contribution in [3.63, 3.8) is 0 Å². The van der Waals surface area contributed by atoms with Crippen molar-refractivity contribution in [3.8, 4) is 0 Å². The lowest BCUT2D eigenvalue weighted by Crippen LogP contribution is -2.36. The number of aryl methyl sites for hydroxylation is 1. The molecule has 2 amide bonds. The summed E-state index contributed by atoms with van der Waals surface area (Å²) in [6.07, 6.45) is 11.2. The molecule has 4 atom stereocenters. The fraction of sp³-hybridized carbons (Fsp3) is 0.560. The summed E-state index contributed by atoms with van der Waals surface area (Å²) >= 11 is 0. The first-order valence-electron chi connectivity index (χ1n) is 11.5. The maximum atomic E-state index is 12.6. The Kier molecular flexibility index (Phi) is 6.73. The van der Waals surface area contributed by atoms with E-state index in [2.05, 4.69) is 28.2 Å². The summed E-state index contributed by atoms with van der Waals surface area (Å²) in [7, 11) is 1.99. The van der Waals surface area contributed by atoms with E-state index in [1.165, 1.54) is 5.56 Å². The quantitative estimate of drug-likeness (QED) is 0.707. The zero-order chi connectivity index (χ0) is 21.8. The second-order valence-electron chi connectivity index (χ2n) is 9.65. The zero-order valence-corrected chi connectivity index (χ0v) is 18.5. The minimum absolute atomic E-state index is 0.205. The molecule has 0 unspecified atom stereocenters. The van der Waals surface area contributed by atoms with E-state index in [4.69, 9.17) is 5.73 Å². The lowest BCUT2D eigenvalue weighted by atomic mass is 9.70. The normalized spacial score (nSPS) is 26.4. The van der Waals surface area contributed by atoms with Crippen molar-refractivity contribution in [2.45, 2.75) is 64.0 Å². The number of aromatic nitrogens is 2. The summed E-state index contributed by atoms with van der Waals surface area (Å²) in [4.78, 5) is 30.8. The number of nitrogens with zero attached hydrogens (tertiary/aromatic N) is 3. The average Bonchev–Trinajstić information content (AvgIpc) is 3.28. The molecule has 0 spiro atoms. The SMILES string of the molecule is Cn1cnc(C[C@H]2C[C@@H](CC(N)=O)C[C@@H](C[C@@H]3CCC(=O)N3Cc3ccccc3)C2)c1. The largest absolute Gasteiger partial charge is 0.370 e. The molecule has 1 aliphatic carbocycles. The Morgan fingerprint density at radius 1 is 1.13 bits per heavy atom. The van der Waals surface area contributed by atoms with Crippen molar-refractivity contribution in [1.29, 1.82) is 0 Å². The molecule has 0 bridgehead atoms. The van der Waals surface area contributed by atoms with E-state index in [1.807, 2.05) is 36.1 Å². The van der Waals surface area contributed by atoms with Crippen LogP contribution in [-0.4, -0.2) is 32.3 Å². The van der Waals surface area contributed by atoms with Gasteiger partial charge in [0.1, 0.15) is 0 Å². The molecule has 1 aromatic carbocycles. The Balaban J connectivity index is 1.43. The van der Waals surface area contributed by atoms with Gasteiger partial charge in [-0.15, -0.1) is 0 Å². The monoisotopic (exact) mass is 422 g/mol. The van der Waals surface area contributed by atoms with E-state index in [-0.39, 0.29) is 11.8 Å². The molecule has 2 N–H and O–H groups in total. The van der Waals surface area contributed by atoms with Gasteiger partial charge in [-0.25, -0.2) is 4.98 Å². The first-order chi connectivity index (χ1) is 15.0. The number of nitrogens with two attached hydrogens (primary N) is 1. The summed E-state index contributed by atoms with van der Waals surface area (Å²) in [6, 6.07) is 10.5. The van der Waals surface area contributed by atoms with Gasteiger partial charge in [-0.1, -0.05) is 30.3 Å². The third-order valence-electron chi connectivity index (χ3n) is 7.00.